The molecule has 1 aromatic carbocycles. The molecule has 2 atom stereocenters. The Hall–Kier alpha value is -2.67. The summed E-state index contributed by atoms with van der Waals surface area (Å²) in [5.41, 5.74) is 1.80. The van der Waals surface area contributed by atoms with Crippen LogP contribution in [-0.4, -0.2) is 62.1 Å². The van der Waals surface area contributed by atoms with Crippen LogP contribution in [0, 0.1) is 0 Å². The standard InChI is InChI=1S/C23H29ClN6O/c1-4-8-16(2)20-26-21(28-11-13-29(14-12-28)23(31)17(3)24)19-15-25-30(22(19)27-20)18-9-6-5-7-10-18/h5-7,9-10,15-17H,4,8,11-14H2,1-3H3/t16-,17+/m1/s1. The van der Waals surface area contributed by atoms with Gasteiger partial charge >= 0.3 is 0 Å². The highest BCUT2D eigenvalue weighted by molar-refractivity contribution is 6.30. The topological polar surface area (TPSA) is 67.2 Å². The quantitative estimate of drug-likeness (QED) is 0.542. The van der Waals surface area contributed by atoms with E-state index in [9.17, 15) is 4.79 Å². The van der Waals surface area contributed by atoms with E-state index in [2.05, 4.69) is 23.8 Å². The first kappa shape index (κ1) is 21.6. The molecule has 1 amide bonds. The molecule has 3 aromatic rings. The summed E-state index contributed by atoms with van der Waals surface area (Å²) in [6.45, 7) is 8.76. The first-order valence-corrected chi connectivity index (χ1v) is 11.4. The number of amides is 1. The number of hydrogen-bond donors (Lipinski definition) is 0. The van der Waals surface area contributed by atoms with Gasteiger partial charge < -0.3 is 9.80 Å². The lowest BCUT2D eigenvalue weighted by molar-refractivity contribution is -0.130. The Balaban J connectivity index is 1.72. The number of aromatic nitrogens is 4. The number of halogens is 1. The van der Waals surface area contributed by atoms with Gasteiger partial charge in [-0.25, -0.2) is 14.6 Å². The second-order valence-corrected chi connectivity index (χ2v) is 8.81. The largest absolute Gasteiger partial charge is 0.352 e. The molecule has 8 heteroatoms. The first-order valence-electron chi connectivity index (χ1n) is 11.0. The molecule has 1 aliphatic rings. The van der Waals surface area contributed by atoms with E-state index >= 15 is 0 Å². The number of para-hydroxylation sites is 1. The Morgan fingerprint density at radius 2 is 1.81 bits per heavy atom. The smallest absolute Gasteiger partial charge is 0.240 e. The molecule has 0 unspecified atom stereocenters. The van der Waals surface area contributed by atoms with E-state index in [1.807, 2.05) is 46.1 Å². The summed E-state index contributed by atoms with van der Waals surface area (Å²) in [5, 5.41) is 5.07. The molecule has 1 aliphatic heterocycles. The Kier molecular flexibility index (Phi) is 6.41. The Labute approximate surface area is 188 Å². The van der Waals surface area contributed by atoms with Gasteiger partial charge in [0.15, 0.2) is 5.65 Å². The van der Waals surface area contributed by atoms with Crippen LogP contribution in [0.5, 0.6) is 0 Å². The number of benzene rings is 1. The molecule has 0 spiro atoms. The van der Waals surface area contributed by atoms with Crippen LogP contribution in [0.25, 0.3) is 16.7 Å². The van der Waals surface area contributed by atoms with Crippen molar-refractivity contribution in [1.29, 1.82) is 0 Å². The van der Waals surface area contributed by atoms with Gasteiger partial charge in [0.1, 0.15) is 17.0 Å². The fourth-order valence-electron chi connectivity index (χ4n) is 4.08. The third kappa shape index (κ3) is 4.37. The van der Waals surface area contributed by atoms with Crippen molar-refractivity contribution in [1.82, 2.24) is 24.6 Å². The Morgan fingerprint density at radius 1 is 1.10 bits per heavy atom. The van der Waals surface area contributed by atoms with Crippen LogP contribution >= 0.6 is 11.6 Å². The lowest BCUT2D eigenvalue weighted by Crippen LogP contribution is -2.50. The van der Waals surface area contributed by atoms with Crippen molar-refractivity contribution in [3.63, 3.8) is 0 Å². The molecule has 3 heterocycles. The van der Waals surface area contributed by atoms with Crippen molar-refractivity contribution in [2.75, 3.05) is 31.1 Å². The molecular formula is C23H29ClN6O. The average Bonchev–Trinajstić information content (AvgIpc) is 3.23. The van der Waals surface area contributed by atoms with Gasteiger partial charge in [0.05, 0.1) is 17.3 Å². The Bertz CT molecular complexity index is 1040. The van der Waals surface area contributed by atoms with E-state index < -0.39 is 5.38 Å². The molecule has 164 valence electrons. The number of carbonyl (C=O) groups is 1. The SMILES string of the molecule is CCC[C@@H](C)c1nc(N2CCN(C(=O)[C@H](C)Cl)CC2)c2cnn(-c3ccccc3)c2n1. The van der Waals surface area contributed by atoms with Gasteiger partial charge in [-0.2, -0.15) is 5.10 Å². The number of nitrogens with zero attached hydrogens (tertiary/aromatic N) is 6. The average molecular weight is 441 g/mol. The Morgan fingerprint density at radius 3 is 2.45 bits per heavy atom. The van der Waals surface area contributed by atoms with Crippen LogP contribution in [0.4, 0.5) is 5.82 Å². The number of hydrogen-bond acceptors (Lipinski definition) is 5. The second kappa shape index (κ2) is 9.22. The van der Waals surface area contributed by atoms with Crippen molar-refractivity contribution in [2.45, 2.75) is 44.9 Å². The fourth-order valence-corrected chi connectivity index (χ4v) is 4.22. The molecule has 4 rings (SSSR count). The number of carbonyl (C=O) groups excluding carboxylic acids is 1. The van der Waals surface area contributed by atoms with Crippen molar-refractivity contribution in [2.24, 2.45) is 0 Å². The normalized spacial score (nSPS) is 16.5. The van der Waals surface area contributed by atoms with E-state index in [1.165, 1.54) is 0 Å². The van der Waals surface area contributed by atoms with Gasteiger partial charge in [-0.15, -0.1) is 11.6 Å². The van der Waals surface area contributed by atoms with Crippen molar-refractivity contribution in [3.8, 4) is 5.69 Å². The minimum absolute atomic E-state index is 0.0108. The molecule has 1 saturated heterocycles. The first-order chi connectivity index (χ1) is 15.0. The van der Waals surface area contributed by atoms with Gasteiger partial charge in [0, 0.05) is 32.1 Å². The van der Waals surface area contributed by atoms with Crippen LogP contribution in [0.2, 0.25) is 0 Å². The third-order valence-corrected chi connectivity index (χ3v) is 6.01. The number of anilines is 1. The van der Waals surface area contributed by atoms with Crippen LogP contribution in [0.3, 0.4) is 0 Å². The molecule has 7 nitrogen and oxygen atoms in total. The van der Waals surface area contributed by atoms with E-state index in [4.69, 9.17) is 21.6 Å². The predicted octanol–water partition coefficient (Wildman–Crippen LogP) is 4.00. The maximum absolute atomic E-state index is 12.3. The maximum atomic E-state index is 12.3. The molecular weight excluding hydrogens is 412 g/mol. The summed E-state index contributed by atoms with van der Waals surface area (Å²) in [7, 11) is 0. The fraction of sp³-hybridized carbons (Fsp3) is 0.478. The van der Waals surface area contributed by atoms with E-state index in [1.54, 1.807) is 6.92 Å². The van der Waals surface area contributed by atoms with Gasteiger partial charge in [-0.05, 0) is 25.5 Å². The van der Waals surface area contributed by atoms with Crippen LogP contribution in [0.1, 0.15) is 45.4 Å². The van der Waals surface area contributed by atoms with E-state index in [0.29, 0.717) is 26.2 Å². The molecule has 2 aromatic heterocycles. The van der Waals surface area contributed by atoms with E-state index in [-0.39, 0.29) is 11.8 Å². The summed E-state index contributed by atoms with van der Waals surface area (Å²) >= 11 is 6.00. The minimum Gasteiger partial charge on any atom is -0.352 e. The van der Waals surface area contributed by atoms with Crippen molar-refractivity contribution < 1.29 is 4.79 Å². The number of fused-ring (bicyclic) bond motifs is 1. The minimum atomic E-state index is -0.497. The molecule has 0 bridgehead atoms. The monoisotopic (exact) mass is 440 g/mol. The summed E-state index contributed by atoms with van der Waals surface area (Å²) < 4.78 is 1.89. The van der Waals surface area contributed by atoms with Crippen LogP contribution in [0.15, 0.2) is 36.5 Å². The lowest BCUT2D eigenvalue weighted by atomic mass is 10.1. The lowest BCUT2D eigenvalue weighted by Gasteiger charge is -2.36. The molecule has 0 N–H and O–H groups in total. The molecule has 0 saturated carbocycles. The molecule has 0 aliphatic carbocycles. The number of piperazine rings is 1. The zero-order chi connectivity index (χ0) is 22.0. The van der Waals surface area contributed by atoms with Gasteiger partial charge in [0.2, 0.25) is 5.91 Å². The predicted molar refractivity (Wildman–Crippen MR) is 124 cm³/mol. The van der Waals surface area contributed by atoms with Gasteiger partial charge in [-0.1, -0.05) is 38.5 Å². The summed E-state index contributed by atoms with van der Waals surface area (Å²) in [6, 6.07) is 10.0. The molecule has 0 radical (unpaired) electrons. The van der Waals surface area contributed by atoms with Crippen molar-refractivity contribution >= 4 is 34.4 Å². The second-order valence-electron chi connectivity index (χ2n) is 8.15. The van der Waals surface area contributed by atoms with Crippen LogP contribution in [-0.2, 0) is 4.79 Å². The summed E-state index contributed by atoms with van der Waals surface area (Å²) in [5.74, 6) is 1.99. The van der Waals surface area contributed by atoms with Crippen LogP contribution < -0.4 is 4.90 Å². The summed E-state index contributed by atoms with van der Waals surface area (Å²) in [4.78, 5) is 26.3. The zero-order valence-corrected chi connectivity index (χ0v) is 19.1. The molecule has 31 heavy (non-hydrogen) atoms. The van der Waals surface area contributed by atoms with Crippen molar-refractivity contribution in [3.05, 3.63) is 42.4 Å². The van der Waals surface area contributed by atoms with Gasteiger partial charge in [0.25, 0.3) is 0 Å². The highest BCUT2D eigenvalue weighted by Crippen LogP contribution is 2.29. The molecule has 1 fully saturated rings. The third-order valence-electron chi connectivity index (χ3n) is 5.82. The van der Waals surface area contributed by atoms with Gasteiger partial charge in [-0.3, -0.25) is 4.79 Å². The zero-order valence-electron chi connectivity index (χ0n) is 18.3. The maximum Gasteiger partial charge on any atom is 0.240 e. The number of rotatable bonds is 6. The summed E-state index contributed by atoms with van der Waals surface area (Å²) in [6.07, 6.45) is 3.96. The highest BCUT2D eigenvalue weighted by atomic mass is 35.5. The van der Waals surface area contributed by atoms with E-state index in [0.717, 1.165) is 41.2 Å². The highest BCUT2D eigenvalue weighted by Gasteiger charge is 2.27. The number of alkyl halides is 1.